The molecule has 0 spiro atoms. The quantitative estimate of drug-likeness (QED) is 0.603. The lowest BCUT2D eigenvalue weighted by molar-refractivity contribution is -0.135. The summed E-state index contributed by atoms with van der Waals surface area (Å²) in [5.74, 6) is -3.18. The summed E-state index contributed by atoms with van der Waals surface area (Å²) in [5, 5.41) is 12.8. The molecule has 0 amide bonds. The zero-order valence-corrected chi connectivity index (χ0v) is 10.9. The molecule has 0 heterocycles. The molecule has 106 valence electrons. The maximum atomic E-state index is 13.1. The maximum Gasteiger partial charge on any atom is 0.325 e. The number of rotatable bonds is 10. The van der Waals surface area contributed by atoms with E-state index in [0.717, 1.165) is 11.8 Å². The third kappa shape index (κ3) is 8.51. The van der Waals surface area contributed by atoms with Crippen LogP contribution in [0.5, 0.6) is 0 Å². The molecule has 0 radical (unpaired) electrons. The molecule has 0 bridgehead atoms. The molecule has 0 saturated heterocycles. The second-order valence-electron chi connectivity index (χ2n) is 3.30. The minimum Gasteiger partial charge on any atom is -0.481 e. The highest BCUT2D eigenvalue weighted by Crippen LogP contribution is 2.36. The minimum atomic E-state index is -3.73. The van der Waals surface area contributed by atoms with Gasteiger partial charge in [0.15, 0.2) is 6.17 Å². The predicted octanol–water partition coefficient (Wildman–Crippen LogP) is 2.33. The van der Waals surface area contributed by atoms with Gasteiger partial charge < -0.3 is 10.2 Å². The molecule has 0 aliphatic carbocycles. The summed E-state index contributed by atoms with van der Waals surface area (Å²) in [5.41, 5.74) is 0. The van der Waals surface area contributed by atoms with Gasteiger partial charge in [0, 0.05) is 0 Å². The van der Waals surface area contributed by atoms with Crippen LogP contribution in [0.2, 0.25) is 0 Å². The van der Waals surface area contributed by atoms with E-state index in [4.69, 9.17) is 10.2 Å². The zero-order chi connectivity index (χ0) is 14.2. The fourth-order valence-electron chi connectivity index (χ4n) is 0.941. The van der Waals surface area contributed by atoms with Crippen LogP contribution in [-0.4, -0.2) is 50.8 Å². The van der Waals surface area contributed by atoms with E-state index in [1.165, 1.54) is 0 Å². The highest BCUT2D eigenvalue weighted by molar-refractivity contribution is 8.01. The molecule has 1 atom stereocenters. The van der Waals surface area contributed by atoms with Crippen LogP contribution in [0.15, 0.2) is 0 Å². The fourth-order valence-corrected chi connectivity index (χ4v) is 2.24. The Hall–Kier alpha value is -0.570. The van der Waals surface area contributed by atoms with E-state index < -0.39 is 35.5 Å². The SMILES string of the molecule is O=C(O)CSCCCC(F)C(F)(F)SCC(=O)O. The first-order chi connectivity index (χ1) is 8.25. The summed E-state index contributed by atoms with van der Waals surface area (Å²) >= 11 is 0.775. The van der Waals surface area contributed by atoms with E-state index in [9.17, 15) is 22.8 Å². The van der Waals surface area contributed by atoms with E-state index in [1.807, 2.05) is 0 Å². The van der Waals surface area contributed by atoms with E-state index in [1.54, 1.807) is 0 Å². The number of carbonyl (C=O) groups is 2. The number of alkyl halides is 3. The Labute approximate surface area is 110 Å². The molecule has 1 unspecified atom stereocenters. The predicted molar refractivity (Wildman–Crippen MR) is 64.1 cm³/mol. The van der Waals surface area contributed by atoms with Crippen molar-refractivity contribution < 1.29 is 33.0 Å². The van der Waals surface area contributed by atoms with E-state index in [0.29, 0.717) is 0 Å². The topological polar surface area (TPSA) is 74.6 Å². The molecule has 0 aliphatic rings. The molecule has 0 aromatic heterocycles. The highest BCUT2D eigenvalue weighted by Gasteiger charge is 2.40. The number of carboxylic acids is 2. The largest absolute Gasteiger partial charge is 0.481 e. The van der Waals surface area contributed by atoms with Crippen LogP contribution in [0.1, 0.15) is 12.8 Å². The second kappa shape index (κ2) is 8.52. The van der Waals surface area contributed by atoms with Gasteiger partial charge >= 0.3 is 17.2 Å². The van der Waals surface area contributed by atoms with Gasteiger partial charge in [0.2, 0.25) is 0 Å². The van der Waals surface area contributed by atoms with E-state index in [-0.39, 0.29) is 29.7 Å². The molecule has 4 nitrogen and oxygen atoms in total. The van der Waals surface area contributed by atoms with Crippen LogP contribution in [0.4, 0.5) is 13.2 Å². The lowest BCUT2D eigenvalue weighted by Gasteiger charge is -2.19. The van der Waals surface area contributed by atoms with Crippen LogP contribution in [0, 0.1) is 0 Å². The first kappa shape index (κ1) is 17.4. The van der Waals surface area contributed by atoms with Gasteiger partial charge in [-0.3, -0.25) is 9.59 Å². The molecule has 9 heteroatoms. The molecule has 0 aliphatic heterocycles. The minimum absolute atomic E-state index is 0.113. The van der Waals surface area contributed by atoms with Crippen LogP contribution < -0.4 is 0 Å². The van der Waals surface area contributed by atoms with Gasteiger partial charge in [-0.2, -0.15) is 20.5 Å². The molecular weight excluding hydrogens is 293 g/mol. The number of hydrogen-bond acceptors (Lipinski definition) is 4. The maximum absolute atomic E-state index is 13.1. The molecule has 0 saturated carbocycles. The number of halogens is 3. The van der Waals surface area contributed by atoms with Gasteiger partial charge in [0.1, 0.15) is 0 Å². The number of thioether (sulfide) groups is 2. The van der Waals surface area contributed by atoms with Crippen LogP contribution in [0.3, 0.4) is 0 Å². The first-order valence-corrected chi connectivity index (χ1v) is 7.07. The molecule has 0 rings (SSSR count). The lowest BCUT2D eigenvalue weighted by atomic mass is 10.2. The molecular formula is C9H13F3O4S2. The molecule has 0 aromatic carbocycles. The van der Waals surface area contributed by atoms with Gasteiger partial charge in [-0.25, -0.2) is 4.39 Å². The summed E-state index contributed by atoms with van der Waals surface area (Å²) in [4.78, 5) is 20.2. The highest BCUT2D eigenvalue weighted by atomic mass is 32.2. The van der Waals surface area contributed by atoms with Gasteiger partial charge in [0.25, 0.3) is 0 Å². The van der Waals surface area contributed by atoms with Gasteiger partial charge in [-0.1, -0.05) is 11.8 Å². The van der Waals surface area contributed by atoms with Crippen molar-refractivity contribution in [3.63, 3.8) is 0 Å². The van der Waals surface area contributed by atoms with E-state index >= 15 is 0 Å². The Bertz CT molecular complexity index is 289. The second-order valence-corrected chi connectivity index (χ2v) is 5.53. The smallest absolute Gasteiger partial charge is 0.325 e. The summed E-state index contributed by atoms with van der Waals surface area (Å²) in [7, 11) is 0. The van der Waals surface area contributed by atoms with Crippen molar-refractivity contribution in [1.29, 1.82) is 0 Å². The Balaban J connectivity index is 3.81. The van der Waals surface area contributed by atoms with Crippen molar-refractivity contribution in [3.05, 3.63) is 0 Å². The Kier molecular flexibility index (Phi) is 8.25. The van der Waals surface area contributed by atoms with Crippen LogP contribution in [-0.2, 0) is 9.59 Å². The standard InChI is InChI=1S/C9H13F3O4S2/c10-6(2-1-3-17-4-7(13)14)9(11,12)18-5-8(15)16/h6H,1-5H2,(H,13,14)(H,15,16). The van der Waals surface area contributed by atoms with Crippen molar-refractivity contribution in [2.45, 2.75) is 24.3 Å². The van der Waals surface area contributed by atoms with Crippen LogP contribution >= 0.6 is 23.5 Å². The molecule has 2 N–H and O–H groups in total. The average molecular weight is 306 g/mol. The van der Waals surface area contributed by atoms with Gasteiger partial charge in [-0.05, 0) is 18.6 Å². The Morgan fingerprint density at radius 2 is 1.72 bits per heavy atom. The third-order valence-corrected chi connectivity index (χ3v) is 3.78. The summed E-state index contributed by atoms with van der Waals surface area (Å²) < 4.78 is 39.2. The number of carboxylic acid groups (broad SMARTS) is 2. The third-order valence-electron chi connectivity index (χ3n) is 1.72. The van der Waals surface area contributed by atoms with Crippen LogP contribution in [0.25, 0.3) is 0 Å². The first-order valence-electron chi connectivity index (χ1n) is 4.93. The average Bonchev–Trinajstić information content (AvgIpc) is 2.25. The van der Waals surface area contributed by atoms with Crippen molar-refractivity contribution in [2.75, 3.05) is 17.3 Å². The normalized spacial score (nSPS) is 13.3. The van der Waals surface area contributed by atoms with Gasteiger partial charge in [0.05, 0.1) is 11.5 Å². The van der Waals surface area contributed by atoms with Crippen molar-refractivity contribution >= 4 is 35.5 Å². The number of hydrogen-bond donors (Lipinski definition) is 2. The summed E-state index contributed by atoms with van der Waals surface area (Å²) in [6, 6.07) is 0. The molecule has 18 heavy (non-hydrogen) atoms. The zero-order valence-electron chi connectivity index (χ0n) is 9.27. The molecule has 0 aromatic rings. The van der Waals surface area contributed by atoms with E-state index in [2.05, 4.69) is 0 Å². The Morgan fingerprint density at radius 3 is 2.22 bits per heavy atom. The van der Waals surface area contributed by atoms with Crippen molar-refractivity contribution in [3.8, 4) is 0 Å². The monoisotopic (exact) mass is 306 g/mol. The fraction of sp³-hybridized carbons (Fsp3) is 0.778. The molecule has 0 fully saturated rings. The summed E-state index contributed by atoms with van der Waals surface area (Å²) in [6.07, 6.45) is -2.73. The lowest BCUT2D eigenvalue weighted by Crippen LogP contribution is -2.27. The van der Waals surface area contributed by atoms with Gasteiger partial charge in [-0.15, -0.1) is 0 Å². The Morgan fingerprint density at radius 1 is 1.17 bits per heavy atom. The van der Waals surface area contributed by atoms with Crippen molar-refractivity contribution in [2.24, 2.45) is 0 Å². The number of aliphatic carboxylic acids is 2. The summed E-state index contributed by atoms with van der Waals surface area (Å²) in [6.45, 7) is 0. The van der Waals surface area contributed by atoms with Crippen molar-refractivity contribution in [1.82, 2.24) is 0 Å².